The highest BCUT2D eigenvalue weighted by atomic mass is 16.6. The monoisotopic (exact) mass is 560 g/mol. The summed E-state index contributed by atoms with van der Waals surface area (Å²) in [5.74, 6) is -2.25. The van der Waals surface area contributed by atoms with Crippen LogP contribution in [-0.2, 0) is 57.9 Å². The Morgan fingerprint density at radius 1 is 0.561 bits per heavy atom. The molecular weight excluding hydrogens is 524 g/mol. The van der Waals surface area contributed by atoms with Crippen LogP contribution in [0.5, 0.6) is 0 Å². The van der Waals surface area contributed by atoms with Crippen LogP contribution in [-0.4, -0.2) is 48.7 Å². The molecule has 0 saturated heterocycles. The molecule has 3 rings (SSSR count). The summed E-state index contributed by atoms with van der Waals surface area (Å²) in [7, 11) is 0. The van der Waals surface area contributed by atoms with Crippen molar-refractivity contribution in [3.63, 3.8) is 0 Å². The predicted molar refractivity (Wildman–Crippen MR) is 152 cm³/mol. The van der Waals surface area contributed by atoms with Crippen LogP contribution < -0.4 is 0 Å². The maximum atomic E-state index is 12.5. The molecule has 8 nitrogen and oxygen atoms in total. The van der Waals surface area contributed by atoms with E-state index in [0.29, 0.717) is 6.61 Å². The first kappa shape index (κ1) is 31.5. The molecule has 0 heterocycles. The third kappa shape index (κ3) is 12.8. The van der Waals surface area contributed by atoms with Crippen LogP contribution >= 0.6 is 0 Å². The predicted octanol–water partition coefficient (Wildman–Crippen LogP) is 4.81. The van der Waals surface area contributed by atoms with Gasteiger partial charge in [0.2, 0.25) is 0 Å². The highest BCUT2D eigenvalue weighted by Crippen LogP contribution is 2.15. The Morgan fingerprint density at radius 3 is 1.49 bits per heavy atom. The third-order valence-electron chi connectivity index (χ3n) is 6.01. The largest absolute Gasteiger partial charge is 0.462 e. The van der Waals surface area contributed by atoms with Crippen molar-refractivity contribution in [1.82, 2.24) is 0 Å². The molecule has 0 spiro atoms. The molecule has 0 bridgehead atoms. The van der Waals surface area contributed by atoms with Crippen molar-refractivity contribution in [3.8, 4) is 0 Å². The Hall–Kier alpha value is -3.98. The number of carbonyl (C=O) groups excluding carboxylic acids is 4. The SMILES string of the molecule is CC(=O)CC(=O)CC(=O)CC(=O)OC[C@H](OCc1ccccc1)[C@@H](COCc1ccccc1)OCc1ccccc1. The minimum absolute atomic E-state index is 0.164. The Balaban J connectivity index is 1.67. The summed E-state index contributed by atoms with van der Waals surface area (Å²) in [4.78, 5) is 47.5. The number of carbonyl (C=O) groups is 4. The quantitative estimate of drug-likeness (QED) is 0.152. The van der Waals surface area contributed by atoms with Gasteiger partial charge in [-0.25, -0.2) is 0 Å². The molecular formula is C33H36O8. The van der Waals surface area contributed by atoms with Crippen molar-refractivity contribution in [2.45, 2.75) is 58.2 Å². The van der Waals surface area contributed by atoms with Crippen molar-refractivity contribution in [2.24, 2.45) is 0 Å². The number of benzene rings is 3. The summed E-state index contributed by atoms with van der Waals surface area (Å²) in [6.07, 6.45) is -2.72. The lowest BCUT2D eigenvalue weighted by Crippen LogP contribution is -2.39. The van der Waals surface area contributed by atoms with Crippen LogP contribution in [0.25, 0.3) is 0 Å². The first-order valence-corrected chi connectivity index (χ1v) is 13.5. The maximum Gasteiger partial charge on any atom is 0.313 e. The summed E-state index contributed by atoms with van der Waals surface area (Å²) in [5.41, 5.74) is 2.88. The number of esters is 1. The molecule has 0 aliphatic rings. The van der Waals surface area contributed by atoms with Crippen LogP contribution in [0.1, 0.15) is 42.9 Å². The Bertz CT molecular complexity index is 1230. The summed E-state index contributed by atoms with van der Waals surface area (Å²) < 4.78 is 23.8. The molecule has 216 valence electrons. The van der Waals surface area contributed by atoms with Gasteiger partial charge in [-0.3, -0.25) is 19.2 Å². The van der Waals surface area contributed by atoms with Gasteiger partial charge >= 0.3 is 5.97 Å². The normalized spacial score (nSPS) is 12.3. The highest BCUT2D eigenvalue weighted by Gasteiger charge is 2.27. The number of ether oxygens (including phenoxy) is 4. The second-order valence-electron chi connectivity index (χ2n) is 9.66. The fourth-order valence-corrected chi connectivity index (χ4v) is 3.96. The first-order valence-electron chi connectivity index (χ1n) is 13.5. The van der Waals surface area contributed by atoms with E-state index in [0.717, 1.165) is 16.7 Å². The average Bonchev–Trinajstić information content (AvgIpc) is 2.96. The topological polar surface area (TPSA) is 105 Å². The molecule has 0 saturated carbocycles. The van der Waals surface area contributed by atoms with Crippen molar-refractivity contribution in [3.05, 3.63) is 108 Å². The van der Waals surface area contributed by atoms with E-state index in [2.05, 4.69) is 0 Å². The van der Waals surface area contributed by atoms with Crippen molar-refractivity contribution in [2.75, 3.05) is 13.2 Å². The van der Waals surface area contributed by atoms with Crippen LogP contribution in [0.15, 0.2) is 91.0 Å². The maximum absolute atomic E-state index is 12.5. The van der Waals surface area contributed by atoms with Gasteiger partial charge < -0.3 is 18.9 Å². The number of Topliss-reactive ketones (excluding diaryl/α,β-unsaturated/α-hetero) is 3. The Kier molecular flexibility index (Phi) is 13.6. The summed E-state index contributed by atoms with van der Waals surface area (Å²) in [6, 6.07) is 28.9. The lowest BCUT2D eigenvalue weighted by atomic mass is 10.1. The van der Waals surface area contributed by atoms with Gasteiger partial charge in [0.05, 0.1) is 39.3 Å². The summed E-state index contributed by atoms with van der Waals surface area (Å²) in [6.45, 7) is 2.14. The van der Waals surface area contributed by atoms with E-state index in [1.165, 1.54) is 6.92 Å². The molecule has 0 aliphatic carbocycles. The zero-order chi connectivity index (χ0) is 29.3. The number of hydrogen-bond donors (Lipinski definition) is 0. The van der Waals surface area contributed by atoms with Crippen molar-refractivity contribution >= 4 is 23.3 Å². The molecule has 0 radical (unpaired) electrons. The van der Waals surface area contributed by atoms with E-state index in [1.807, 2.05) is 91.0 Å². The van der Waals surface area contributed by atoms with Crippen LogP contribution in [0, 0.1) is 0 Å². The second-order valence-corrected chi connectivity index (χ2v) is 9.66. The molecule has 8 heteroatoms. The van der Waals surface area contributed by atoms with Gasteiger partial charge in [0.25, 0.3) is 0 Å². The third-order valence-corrected chi connectivity index (χ3v) is 6.01. The molecule has 2 atom stereocenters. The van der Waals surface area contributed by atoms with Gasteiger partial charge in [-0.1, -0.05) is 91.0 Å². The minimum Gasteiger partial charge on any atom is -0.462 e. The van der Waals surface area contributed by atoms with Gasteiger partial charge in [-0.2, -0.15) is 0 Å². The molecule has 3 aromatic carbocycles. The van der Waals surface area contributed by atoms with Gasteiger partial charge in [-0.05, 0) is 23.6 Å². The first-order chi connectivity index (χ1) is 19.9. The lowest BCUT2D eigenvalue weighted by molar-refractivity contribution is -0.162. The van der Waals surface area contributed by atoms with E-state index in [1.54, 1.807) is 0 Å². The molecule has 0 amide bonds. The average molecular weight is 561 g/mol. The fourth-order valence-electron chi connectivity index (χ4n) is 3.96. The standard InChI is InChI=1S/C33H36O8/c1-25(34)17-29(35)18-30(36)19-33(37)41-24-32(40-22-28-15-9-4-10-16-28)31(39-21-27-13-7-3-8-14-27)23-38-20-26-11-5-2-6-12-26/h2-16,31-32H,17-24H2,1H3/t31-,32+/m1/s1. The van der Waals surface area contributed by atoms with E-state index in [-0.39, 0.29) is 38.6 Å². The summed E-state index contributed by atoms with van der Waals surface area (Å²) in [5, 5.41) is 0. The van der Waals surface area contributed by atoms with Crippen LogP contribution in [0.2, 0.25) is 0 Å². The molecule has 0 N–H and O–H groups in total. The van der Waals surface area contributed by atoms with Crippen molar-refractivity contribution < 1.29 is 38.1 Å². The molecule has 0 aliphatic heterocycles. The lowest BCUT2D eigenvalue weighted by Gasteiger charge is -2.27. The van der Waals surface area contributed by atoms with E-state index < -0.39 is 42.6 Å². The number of hydrogen-bond acceptors (Lipinski definition) is 8. The van der Waals surface area contributed by atoms with Gasteiger partial charge in [0, 0.05) is 0 Å². The Morgan fingerprint density at radius 2 is 1.00 bits per heavy atom. The van der Waals surface area contributed by atoms with Crippen LogP contribution in [0.3, 0.4) is 0 Å². The Labute approximate surface area is 240 Å². The van der Waals surface area contributed by atoms with E-state index >= 15 is 0 Å². The second kappa shape index (κ2) is 17.7. The zero-order valence-electron chi connectivity index (χ0n) is 23.2. The van der Waals surface area contributed by atoms with Gasteiger partial charge in [0.1, 0.15) is 36.8 Å². The molecule has 41 heavy (non-hydrogen) atoms. The highest BCUT2D eigenvalue weighted by molar-refractivity contribution is 6.10. The van der Waals surface area contributed by atoms with Gasteiger partial charge in [0.15, 0.2) is 5.78 Å². The zero-order valence-corrected chi connectivity index (χ0v) is 23.2. The fraction of sp³-hybridized carbons (Fsp3) is 0.333. The molecule has 3 aromatic rings. The van der Waals surface area contributed by atoms with Gasteiger partial charge in [-0.15, -0.1) is 0 Å². The van der Waals surface area contributed by atoms with E-state index in [9.17, 15) is 19.2 Å². The number of ketones is 3. The smallest absolute Gasteiger partial charge is 0.313 e. The number of rotatable bonds is 19. The molecule has 0 aromatic heterocycles. The minimum atomic E-state index is -0.786. The van der Waals surface area contributed by atoms with E-state index in [4.69, 9.17) is 18.9 Å². The summed E-state index contributed by atoms with van der Waals surface area (Å²) >= 11 is 0. The van der Waals surface area contributed by atoms with Crippen LogP contribution in [0.4, 0.5) is 0 Å². The molecule has 0 fully saturated rings. The molecule has 0 unspecified atom stereocenters. The van der Waals surface area contributed by atoms with Crippen molar-refractivity contribution in [1.29, 1.82) is 0 Å².